The van der Waals surface area contributed by atoms with Gasteiger partial charge in [-0.1, -0.05) is 12.8 Å². The lowest BCUT2D eigenvalue weighted by Crippen LogP contribution is -2.42. The van der Waals surface area contributed by atoms with E-state index < -0.39 is 27.3 Å². The fourth-order valence-electron chi connectivity index (χ4n) is 2.60. The molecule has 0 aromatic heterocycles. The van der Waals surface area contributed by atoms with Gasteiger partial charge in [0.2, 0.25) is 5.91 Å². The minimum absolute atomic E-state index is 0.00772. The Bertz CT molecular complexity index is 505. The maximum atomic E-state index is 11.9. The Labute approximate surface area is 118 Å². The number of sulfone groups is 1. The molecule has 2 aliphatic carbocycles. The van der Waals surface area contributed by atoms with Crippen molar-refractivity contribution in [1.29, 1.82) is 0 Å². The molecular formula is C13H21NO5S. The van der Waals surface area contributed by atoms with Crippen molar-refractivity contribution in [3.05, 3.63) is 0 Å². The molecule has 2 rings (SSSR count). The first-order valence-corrected chi connectivity index (χ1v) is 8.95. The van der Waals surface area contributed by atoms with Crippen molar-refractivity contribution in [1.82, 2.24) is 5.32 Å². The van der Waals surface area contributed by atoms with Gasteiger partial charge in [0.05, 0.1) is 5.75 Å². The Morgan fingerprint density at radius 1 is 1.35 bits per heavy atom. The molecule has 0 radical (unpaired) electrons. The number of rotatable bonds is 8. The van der Waals surface area contributed by atoms with Crippen LogP contribution >= 0.6 is 0 Å². The number of carbonyl (C=O) groups is 2. The van der Waals surface area contributed by atoms with Crippen LogP contribution in [0.15, 0.2) is 0 Å². The average molecular weight is 303 g/mol. The van der Waals surface area contributed by atoms with Crippen LogP contribution in [-0.4, -0.2) is 43.5 Å². The highest BCUT2D eigenvalue weighted by Crippen LogP contribution is 2.49. The average Bonchev–Trinajstić information content (AvgIpc) is 3.14. The molecule has 0 aliphatic heterocycles. The van der Waals surface area contributed by atoms with Crippen LogP contribution in [-0.2, 0) is 19.4 Å². The molecule has 2 saturated carbocycles. The van der Waals surface area contributed by atoms with Crippen LogP contribution in [0.2, 0.25) is 0 Å². The van der Waals surface area contributed by atoms with Crippen molar-refractivity contribution in [2.75, 3.05) is 12.0 Å². The van der Waals surface area contributed by atoms with Crippen LogP contribution in [0.3, 0.4) is 0 Å². The Hall–Kier alpha value is -1.11. The van der Waals surface area contributed by atoms with Gasteiger partial charge in [-0.25, -0.2) is 13.2 Å². The molecule has 1 amide bonds. The van der Waals surface area contributed by atoms with Gasteiger partial charge >= 0.3 is 5.97 Å². The fourth-order valence-corrected chi connectivity index (χ4v) is 4.10. The van der Waals surface area contributed by atoms with Crippen molar-refractivity contribution in [2.24, 2.45) is 11.3 Å². The zero-order valence-corrected chi connectivity index (χ0v) is 12.4. The monoisotopic (exact) mass is 303 g/mol. The van der Waals surface area contributed by atoms with Gasteiger partial charge in [-0.05, 0) is 30.6 Å². The molecule has 114 valence electrons. The molecule has 1 unspecified atom stereocenters. The Morgan fingerprint density at radius 3 is 2.35 bits per heavy atom. The summed E-state index contributed by atoms with van der Waals surface area (Å²) >= 11 is 0. The van der Waals surface area contributed by atoms with Gasteiger partial charge in [-0.15, -0.1) is 0 Å². The largest absolute Gasteiger partial charge is 0.480 e. The van der Waals surface area contributed by atoms with Crippen molar-refractivity contribution in [3.8, 4) is 0 Å². The Balaban J connectivity index is 1.86. The summed E-state index contributed by atoms with van der Waals surface area (Å²) < 4.78 is 22.7. The topological polar surface area (TPSA) is 101 Å². The minimum atomic E-state index is -3.12. The minimum Gasteiger partial charge on any atom is -0.480 e. The van der Waals surface area contributed by atoms with Gasteiger partial charge in [-0.3, -0.25) is 4.79 Å². The Morgan fingerprint density at radius 2 is 1.95 bits per heavy atom. The van der Waals surface area contributed by atoms with E-state index in [9.17, 15) is 18.0 Å². The zero-order valence-electron chi connectivity index (χ0n) is 11.6. The van der Waals surface area contributed by atoms with Gasteiger partial charge in [0.1, 0.15) is 15.9 Å². The molecule has 0 bridgehead atoms. The van der Waals surface area contributed by atoms with Crippen LogP contribution in [0.1, 0.15) is 38.5 Å². The van der Waals surface area contributed by atoms with E-state index in [4.69, 9.17) is 5.11 Å². The van der Waals surface area contributed by atoms with E-state index in [2.05, 4.69) is 5.32 Å². The lowest BCUT2D eigenvalue weighted by molar-refractivity contribution is -0.142. The number of hydrogen-bond acceptors (Lipinski definition) is 4. The fraction of sp³-hybridized carbons (Fsp3) is 0.846. The molecule has 0 saturated heterocycles. The number of nitrogens with one attached hydrogen (secondary N) is 1. The standard InChI is InChI=1S/C13H21NO5S/c1-20(18,19)8-13(4-5-13)7-11(15)14-10(12(16)17)6-9-2-3-9/h9-10H,2-8H2,1H3,(H,14,15)(H,16,17). The van der Waals surface area contributed by atoms with E-state index >= 15 is 0 Å². The molecule has 0 aromatic rings. The van der Waals surface area contributed by atoms with E-state index in [1.54, 1.807) is 0 Å². The van der Waals surface area contributed by atoms with Crippen molar-refractivity contribution < 1.29 is 23.1 Å². The third-order valence-electron chi connectivity index (χ3n) is 3.96. The van der Waals surface area contributed by atoms with Crippen molar-refractivity contribution in [2.45, 2.75) is 44.6 Å². The highest BCUT2D eigenvalue weighted by atomic mass is 32.2. The van der Waals surface area contributed by atoms with E-state index in [1.807, 2.05) is 0 Å². The second-order valence-corrected chi connectivity index (χ2v) is 8.52. The number of hydrogen-bond donors (Lipinski definition) is 2. The summed E-state index contributed by atoms with van der Waals surface area (Å²) in [5, 5.41) is 11.6. The molecule has 2 fully saturated rings. The first-order valence-electron chi connectivity index (χ1n) is 6.89. The lowest BCUT2D eigenvalue weighted by Gasteiger charge is -2.17. The summed E-state index contributed by atoms with van der Waals surface area (Å²) in [5.41, 5.74) is -0.458. The molecular weight excluding hydrogens is 282 g/mol. The summed E-state index contributed by atoms with van der Waals surface area (Å²) in [6.07, 6.45) is 5.23. The second-order valence-electron chi connectivity index (χ2n) is 6.38. The maximum Gasteiger partial charge on any atom is 0.326 e. The van der Waals surface area contributed by atoms with E-state index in [1.165, 1.54) is 0 Å². The third-order valence-corrected chi connectivity index (χ3v) is 5.10. The molecule has 0 aromatic carbocycles. The quantitative estimate of drug-likeness (QED) is 0.683. The SMILES string of the molecule is CS(=O)(=O)CC1(CC(=O)NC(CC2CC2)C(=O)O)CC1. The number of carboxylic acids is 1. The van der Waals surface area contributed by atoms with Gasteiger partial charge in [0, 0.05) is 12.7 Å². The van der Waals surface area contributed by atoms with Gasteiger partial charge in [-0.2, -0.15) is 0 Å². The van der Waals surface area contributed by atoms with Crippen molar-refractivity contribution >= 4 is 21.7 Å². The van der Waals surface area contributed by atoms with Gasteiger partial charge in [0.25, 0.3) is 0 Å². The summed E-state index contributed by atoms with van der Waals surface area (Å²) in [7, 11) is -3.12. The van der Waals surface area contributed by atoms with Gasteiger partial charge < -0.3 is 10.4 Å². The molecule has 1 atom stereocenters. The summed E-state index contributed by atoms with van der Waals surface area (Å²) in [6, 6.07) is -0.843. The first kappa shape index (κ1) is 15.3. The predicted molar refractivity (Wildman–Crippen MR) is 72.9 cm³/mol. The highest BCUT2D eigenvalue weighted by Gasteiger charge is 2.47. The summed E-state index contributed by atoms with van der Waals surface area (Å²) in [5.74, 6) is -0.951. The number of carbonyl (C=O) groups excluding carboxylic acids is 1. The molecule has 7 heteroatoms. The normalized spacial score (nSPS) is 22.1. The van der Waals surface area contributed by atoms with Crippen molar-refractivity contribution in [3.63, 3.8) is 0 Å². The number of amides is 1. The summed E-state index contributed by atoms with van der Waals surface area (Å²) in [6.45, 7) is 0. The van der Waals surface area contributed by atoms with E-state index in [0.717, 1.165) is 19.1 Å². The molecule has 2 N–H and O–H groups in total. The third kappa shape index (κ3) is 4.77. The van der Waals surface area contributed by atoms with Crippen LogP contribution in [0, 0.1) is 11.3 Å². The molecule has 2 aliphatic rings. The lowest BCUT2D eigenvalue weighted by atomic mass is 10.0. The highest BCUT2D eigenvalue weighted by molar-refractivity contribution is 7.90. The summed E-state index contributed by atoms with van der Waals surface area (Å²) in [4.78, 5) is 23.0. The smallest absolute Gasteiger partial charge is 0.326 e. The predicted octanol–water partition coefficient (Wildman–Crippen LogP) is 0.571. The Kier molecular flexibility index (Phi) is 4.09. The number of aliphatic carboxylic acids is 1. The molecule has 20 heavy (non-hydrogen) atoms. The molecule has 6 nitrogen and oxygen atoms in total. The zero-order chi connectivity index (χ0) is 15.0. The maximum absolute atomic E-state index is 11.9. The van der Waals surface area contributed by atoms with Crippen LogP contribution in [0.4, 0.5) is 0 Å². The first-order chi connectivity index (χ1) is 9.19. The van der Waals surface area contributed by atoms with Crippen LogP contribution in [0.5, 0.6) is 0 Å². The second kappa shape index (κ2) is 5.35. The number of carboxylic acid groups (broad SMARTS) is 1. The molecule has 0 heterocycles. The molecule has 0 spiro atoms. The van der Waals surface area contributed by atoms with Gasteiger partial charge in [0.15, 0.2) is 0 Å². The van der Waals surface area contributed by atoms with Crippen LogP contribution in [0.25, 0.3) is 0 Å². The van der Waals surface area contributed by atoms with Crippen LogP contribution < -0.4 is 5.32 Å². The van der Waals surface area contributed by atoms with E-state index in [-0.39, 0.29) is 18.1 Å². The van der Waals surface area contributed by atoms with E-state index in [0.29, 0.717) is 25.2 Å².